The van der Waals surface area contributed by atoms with E-state index < -0.39 is 33.9 Å². The summed E-state index contributed by atoms with van der Waals surface area (Å²) < 4.78 is 57.9. The zero-order valence-electron chi connectivity index (χ0n) is 13.8. The summed E-state index contributed by atoms with van der Waals surface area (Å²) >= 11 is 1.08. The molecule has 0 radical (unpaired) electrons. The number of thiophene rings is 1. The van der Waals surface area contributed by atoms with Gasteiger partial charge in [-0.05, 0) is 51.2 Å². The van der Waals surface area contributed by atoms with Gasteiger partial charge >= 0.3 is 0 Å². The molecule has 0 atom stereocenters. The van der Waals surface area contributed by atoms with Crippen molar-refractivity contribution in [3.05, 3.63) is 16.5 Å². The molecule has 0 saturated heterocycles. The van der Waals surface area contributed by atoms with E-state index in [0.29, 0.717) is 5.56 Å². The Morgan fingerprint density at radius 2 is 1.96 bits per heavy atom. The second-order valence-corrected chi connectivity index (χ2v) is 9.27. The minimum atomic E-state index is -4.01. The molecule has 1 aliphatic rings. The van der Waals surface area contributed by atoms with E-state index in [2.05, 4.69) is 4.72 Å². The third-order valence-corrected chi connectivity index (χ3v) is 7.59. The molecule has 1 aliphatic carbocycles. The smallest absolute Gasteiger partial charge is 0.273 e. The van der Waals surface area contributed by atoms with E-state index in [9.17, 15) is 22.0 Å². The molecule has 1 aromatic heterocycles. The van der Waals surface area contributed by atoms with E-state index in [0.717, 1.165) is 16.2 Å². The van der Waals surface area contributed by atoms with Gasteiger partial charge < -0.3 is 4.74 Å². The Morgan fingerprint density at radius 3 is 2.38 bits per heavy atom. The predicted molar refractivity (Wildman–Crippen MR) is 86.8 cm³/mol. The number of ether oxygens (including phenoxy) is 1. The Balaban J connectivity index is 2.17. The van der Waals surface area contributed by atoms with E-state index >= 15 is 0 Å². The lowest BCUT2D eigenvalue weighted by Crippen LogP contribution is -2.52. The number of aryl methyl sites for hydroxylation is 2. The molecule has 1 aromatic rings. The number of methoxy groups -OCH3 is 1. The van der Waals surface area contributed by atoms with Gasteiger partial charge in [0.05, 0.1) is 0 Å². The van der Waals surface area contributed by atoms with Gasteiger partial charge in [0.25, 0.3) is 15.9 Å². The van der Waals surface area contributed by atoms with E-state index in [1.807, 2.05) is 0 Å². The third kappa shape index (κ3) is 3.78. The largest absolute Gasteiger partial charge is 0.368 e. The van der Waals surface area contributed by atoms with Crippen LogP contribution in [0.5, 0.6) is 0 Å². The Morgan fingerprint density at radius 1 is 1.38 bits per heavy atom. The molecular formula is C15H21F2NO4S2. The molecule has 1 fully saturated rings. The standard InChI is InChI=1S/C15H21F2NO4S2/c1-9-8-10(2)23-13(9)24(20,21)18-14(19)15(22-3)6-4-11(5-7-15)12(16)17/h8,11-12H,4-7H2,1-3H3,(H,18,19). The van der Waals surface area contributed by atoms with Gasteiger partial charge in [0, 0.05) is 17.9 Å². The number of carbonyl (C=O) groups is 1. The fraction of sp³-hybridized carbons (Fsp3) is 0.667. The van der Waals surface area contributed by atoms with Gasteiger partial charge in [-0.15, -0.1) is 11.3 Å². The number of sulfonamides is 1. The van der Waals surface area contributed by atoms with Crippen LogP contribution >= 0.6 is 11.3 Å². The van der Waals surface area contributed by atoms with Crippen molar-refractivity contribution in [3.8, 4) is 0 Å². The third-order valence-electron chi connectivity index (χ3n) is 4.47. The molecule has 0 aromatic carbocycles. The van der Waals surface area contributed by atoms with Crippen LogP contribution in [0.25, 0.3) is 0 Å². The molecule has 24 heavy (non-hydrogen) atoms. The first-order chi connectivity index (χ1) is 11.1. The van der Waals surface area contributed by atoms with Crippen LogP contribution in [0.1, 0.15) is 36.1 Å². The molecule has 0 unspecified atom stereocenters. The minimum absolute atomic E-state index is 0.0717. The van der Waals surface area contributed by atoms with E-state index in [1.165, 1.54) is 7.11 Å². The van der Waals surface area contributed by atoms with E-state index in [1.54, 1.807) is 19.9 Å². The lowest BCUT2D eigenvalue weighted by molar-refractivity contribution is -0.148. The predicted octanol–water partition coefficient (Wildman–Crippen LogP) is 3.01. The van der Waals surface area contributed by atoms with Crippen LogP contribution in [0, 0.1) is 19.8 Å². The highest BCUT2D eigenvalue weighted by molar-refractivity contribution is 7.92. The van der Waals surface area contributed by atoms with Crippen molar-refractivity contribution in [2.45, 2.75) is 55.8 Å². The maximum atomic E-state index is 12.8. The molecule has 5 nitrogen and oxygen atoms in total. The Kier molecular flexibility index (Phi) is 5.66. The second kappa shape index (κ2) is 7.05. The highest BCUT2D eigenvalue weighted by Crippen LogP contribution is 2.38. The van der Waals surface area contributed by atoms with Gasteiger partial charge in [-0.1, -0.05) is 0 Å². The minimum Gasteiger partial charge on any atom is -0.368 e. The summed E-state index contributed by atoms with van der Waals surface area (Å²) in [6.45, 7) is 3.43. The zero-order chi connectivity index (χ0) is 18.1. The number of alkyl halides is 2. The lowest BCUT2D eigenvalue weighted by atomic mass is 9.78. The Bertz CT molecular complexity index is 707. The number of amides is 1. The number of nitrogens with one attached hydrogen (secondary N) is 1. The lowest BCUT2D eigenvalue weighted by Gasteiger charge is -2.37. The van der Waals surface area contributed by atoms with Crippen LogP contribution in [0.2, 0.25) is 0 Å². The molecule has 1 heterocycles. The summed E-state index contributed by atoms with van der Waals surface area (Å²) in [4.78, 5) is 13.4. The number of carbonyl (C=O) groups excluding carboxylic acids is 1. The SMILES string of the molecule is COC1(C(=O)NS(=O)(=O)c2sc(C)cc2C)CCC(C(F)F)CC1. The van der Waals surface area contributed by atoms with Crippen molar-refractivity contribution < 1.29 is 26.7 Å². The molecule has 0 spiro atoms. The van der Waals surface area contributed by atoms with Crippen molar-refractivity contribution in [1.82, 2.24) is 4.72 Å². The summed E-state index contributed by atoms with van der Waals surface area (Å²) in [6, 6.07) is 1.73. The van der Waals surface area contributed by atoms with Crippen molar-refractivity contribution in [2.24, 2.45) is 5.92 Å². The number of hydrogen-bond donors (Lipinski definition) is 1. The molecule has 1 amide bonds. The van der Waals surface area contributed by atoms with Gasteiger partial charge in [0.2, 0.25) is 6.43 Å². The van der Waals surface area contributed by atoms with Crippen molar-refractivity contribution >= 4 is 27.3 Å². The molecule has 0 aliphatic heterocycles. The van der Waals surface area contributed by atoms with Gasteiger partial charge in [-0.2, -0.15) is 0 Å². The maximum Gasteiger partial charge on any atom is 0.273 e. The maximum absolute atomic E-state index is 12.8. The highest BCUT2D eigenvalue weighted by Gasteiger charge is 2.45. The average Bonchev–Trinajstić information content (AvgIpc) is 2.86. The summed E-state index contributed by atoms with van der Waals surface area (Å²) in [7, 11) is -2.70. The summed E-state index contributed by atoms with van der Waals surface area (Å²) in [5, 5.41) is 0. The molecule has 1 saturated carbocycles. The first-order valence-electron chi connectivity index (χ1n) is 7.59. The second-order valence-electron chi connectivity index (χ2n) is 6.13. The summed E-state index contributed by atoms with van der Waals surface area (Å²) in [6.07, 6.45) is -2.06. The van der Waals surface area contributed by atoms with Crippen molar-refractivity contribution in [2.75, 3.05) is 7.11 Å². The van der Waals surface area contributed by atoms with Crippen LogP contribution in [-0.4, -0.2) is 33.5 Å². The van der Waals surface area contributed by atoms with Crippen LogP contribution in [0.3, 0.4) is 0 Å². The first kappa shape index (κ1) is 19.3. The van der Waals surface area contributed by atoms with Crippen LogP contribution in [0.15, 0.2) is 10.3 Å². The Labute approximate surface area is 144 Å². The van der Waals surface area contributed by atoms with Gasteiger partial charge in [-0.3, -0.25) is 4.79 Å². The van der Waals surface area contributed by atoms with Crippen LogP contribution in [0.4, 0.5) is 8.78 Å². The van der Waals surface area contributed by atoms with E-state index in [4.69, 9.17) is 4.74 Å². The monoisotopic (exact) mass is 381 g/mol. The first-order valence-corrected chi connectivity index (χ1v) is 9.89. The number of halogens is 2. The van der Waals surface area contributed by atoms with Crippen molar-refractivity contribution in [3.63, 3.8) is 0 Å². The molecule has 136 valence electrons. The highest BCUT2D eigenvalue weighted by atomic mass is 32.2. The van der Waals surface area contributed by atoms with Gasteiger partial charge in [-0.25, -0.2) is 21.9 Å². The molecule has 9 heteroatoms. The van der Waals surface area contributed by atoms with Gasteiger partial charge in [0.15, 0.2) is 0 Å². The van der Waals surface area contributed by atoms with E-state index in [-0.39, 0.29) is 29.9 Å². The quantitative estimate of drug-likeness (QED) is 0.851. The summed E-state index contributed by atoms with van der Waals surface area (Å²) in [5.74, 6) is -1.57. The van der Waals surface area contributed by atoms with Crippen LogP contribution < -0.4 is 4.72 Å². The number of rotatable bonds is 5. The molecular weight excluding hydrogens is 360 g/mol. The zero-order valence-corrected chi connectivity index (χ0v) is 15.4. The molecule has 1 N–H and O–H groups in total. The van der Waals surface area contributed by atoms with Gasteiger partial charge in [0.1, 0.15) is 9.81 Å². The summed E-state index contributed by atoms with van der Waals surface area (Å²) in [5.41, 5.74) is -0.816. The fourth-order valence-corrected chi connectivity index (χ4v) is 5.74. The molecule has 0 bridgehead atoms. The Hall–Kier alpha value is -1.06. The van der Waals surface area contributed by atoms with Crippen LogP contribution in [-0.2, 0) is 19.6 Å². The topological polar surface area (TPSA) is 72.5 Å². The molecule has 2 rings (SSSR count). The van der Waals surface area contributed by atoms with Crippen molar-refractivity contribution in [1.29, 1.82) is 0 Å². The normalized spacial score (nSPS) is 25.0. The average molecular weight is 381 g/mol. The number of hydrogen-bond acceptors (Lipinski definition) is 5. The fourth-order valence-electron chi connectivity index (χ4n) is 3.03.